The lowest BCUT2D eigenvalue weighted by Gasteiger charge is -2.07. The number of nitrogens with zero attached hydrogens (tertiary/aromatic N) is 1. The molecule has 0 aliphatic rings. The molecule has 1 unspecified atom stereocenters. The molecule has 108 valence electrons. The van der Waals surface area contributed by atoms with Crippen LogP contribution in [0.1, 0.15) is 16.7 Å². The van der Waals surface area contributed by atoms with Crippen molar-refractivity contribution in [2.45, 2.75) is 11.5 Å². The molecule has 0 aliphatic carbocycles. The standard InChI is InChI=1S/C16H14ClNO2S/c1-20-16-8-13(2-5-14(16)9-18)11-21(19)10-12-3-6-15(17)7-4-12/h2-8H,10-11H2,1H3. The highest BCUT2D eigenvalue weighted by Crippen LogP contribution is 2.21. The topological polar surface area (TPSA) is 50.1 Å². The van der Waals surface area contributed by atoms with Crippen molar-refractivity contribution in [2.75, 3.05) is 7.11 Å². The quantitative estimate of drug-likeness (QED) is 0.845. The molecular weight excluding hydrogens is 306 g/mol. The van der Waals surface area contributed by atoms with Gasteiger partial charge in [0, 0.05) is 27.3 Å². The Morgan fingerprint density at radius 2 is 1.76 bits per heavy atom. The van der Waals surface area contributed by atoms with Crippen molar-refractivity contribution in [3.05, 3.63) is 64.2 Å². The minimum atomic E-state index is -1.03. The molecule has 0 N–H and O–H groups in total. The van der Waals surface area contributed by atoms with Crippen molar-refractivity contribution < 1.29 is 8.95 Å². The van der Waals surface area contributed by atoms with E-state index >= 15 is 0 Å². The van der Waals surface area contributed by atoms with E-state index in [9.17, 15) is 4.21 Å². The predicted octanol–water partition coefficient (Wildman–Crippen LogP) is 3.67. The molecule has 2 rings (SSSR count). The molecule has 0 aliphatic heterocycles. The Morgan fingerprint density at radius 3 is 2.38 bits per heavy atom. The highest BCUT2D eigenvalue weighted by Gasteiger charge is 2.08. The fourth-order valence-corrected chi connectivity index (χ4v) is 3.26. The number of methoxy groups -OCH3 is 1. The molecule has 0 saturated carbocycles. The second kappa shape index (κ2) is 7.26. The molecule has 2 aromatic carbocycles. The fourth-order valence-electron chi connectivity index (χ4n) is 1.92. The molecule has 21 heavy (non-hydrogen) atoms. The van der Waals surface area contributed by atoms with Crippen molar-refractivity contribution in [1.29, 1.82) is 5.26 Å². The summed E-state index contributed by atoms with van der Waals surface area (Å²) in [5.41, 5.74) is 2.35. The summed E-state index contributed by atoms with van der Waals surface area (Å²) in [6, 6.07) is 14.6. The highest BCUT2D eigenvalue weighted by molar-refractivity contribution is 7.83. The van der Waals surface area contributed by atoms with E-state index in [0.29, 0.717) is 27.8 Å². The molecule has 0 amide bonds. The molecule has 0 saturated heterocycles. The highest BCUT2D eigenvalue weighted by atomic mass is 35.5. The van der Waals surface area contributed by atoms with Crippen molar-refractivity contribution in [1.82, 2.24) is 0 Å². The molecule has 3 nitrogen and oxygen atoms in total. The number of halogens is 1. The Labute approximate surface area is 131 Å². The van der Waals surface area contributed by atoms with Crippen LogP contribution in [0.25, 0.3) is 0 Å². The predicted molar refractivity (Wildman–Crippen MR) is 84.7 cm³/mol. The van der Waals surface area contributed by atoms with Crippen LogP contribution in [0.15, 0.2) is 42.5 Å². The van der Waals surface area contributed by atoms with E-state index < -0.39 is 10.8 Å². The summed E-state index contributed by atoms with van der Waals surface area (Å²) in [7, 11) is 0.490. The minimum Gasteiger partial charge on any atom is -0.495 e. The lowest BCUT2D eigenvalue weighted by atomic mass is 10.1. The van der Waals surface area contributed by atoms with Crippen molar-refractivity contribution >= 4 is 22.4 Å². The van der Waals surface area contributed by atoms with E-state index in [4.69, 9.17) is 21.6 Å². The van der Waals surface area contributed by atoms with Crippen LogP contribution in [0.3, 0.4) is 0 Å². The Kier molecular flexibility index (Phi) is 5.38. The zero-order valence-corrected chi connectivity index (χ0v) is 13.1. The SMILES string of the molecule is COc1cc(CS(=O)Cc2ccc(Cl)cc2)ccc1C#N. The molecule has 0 aromatic heterocycles. The monoisotopic (exact) mass is 319 g/mol. The van der Waals surface area contributed by atoms with Gasteiger partial charge in [-0.2, -0.15) is 5.26 Å². The molecule has 2 aromatic rings. The average molecular weight is 320 g/mol. The number of hydrogen-bond donors (Lipinski definition) is 0. The zero-order valence-electron chi connectivity index (χ0n) is 11.5. The van der Waals surface area contributed by atoms with Gasteiger partial charge in [0.1, 0.15) is 11.8 Å². The molecule has 1 atom stereocenters. The third kappa shape index (κ3) is 4.32. The van der Waals surface area contributed by atoms with Crippen LogP contribution < -0.4 is 4.74 Å². The van der Waals surface area contributed by atoms with Crippen molar-refractivity contribution in [3.63, 3.8) is 0 Å². The van der Waals surface area contributed by atoms with E-state index in [1.807, 2.05) is 12.1 Å². The van der Waals surface area contributed by atoms with Gasteiger partial charge in [0.25, 0.3) is 0 Å². The maximum atomic E-state index is 12.2. The second-order valence-corrected chi connectivity index (χ2v) is 6.39. The van der Waals surface area contributed by atoms with Crippen LogP contribution in [-0.2, 0) is 22.3 Å². The summed E-state index contributed by atoms with van der Waals surface area (Å²) in [6.07, 6.45) is 0. The van der Waals surface area contributed by atoms with E-state index in [2.05, 4.69) is 6.07 Å². The summed E-state index contributed by atoms with van der Waals surface area (Å²) in [5.74, 6) is 1.41. The van der Waals surface area contributed by atoms with Gasteiger partial charge in [-0.25, -0.2) is 0 Å². The molecule has 5 heteroatoms. The summed E-state index contributed by atoms with van der Waals surface area (Å²) >= 11 is 5.82. The van der Waals surface area contributed by atoms with Crippen LogP contribution in [-0.4, -0.2) is 11.3 Å². The van der Waals surface area contributed by atoms with Crippen LogP contribution in [0, 0.1) is 11.3 Å². The van der Waals surface area contributed by atoms with Gasteiger partial charge in [-0.05, 0) is 35.4 Å². The fraction of sp³-hybridized carbons (Fsp3) is 0.188. The maximum Gasteiger partial charge on any atom is 0.136 e. The Balaban J connectivity index is 2.06. The first kappa shape index (κ1) is 15.6. The van der Waals surface area contributed by atoms with Gasteiger partial charge in [-0.15, -0.1) is 0 Å². The molecule has 0 heterocycles. The van der Waals surface area contributed by atoms with Crippen molar-refractivity contribution in [2.24, 2.45) is 0 Å². The van der Waals surface area contributed by atoms with E-state index in [1.54, 1.807) is 30.3 Å². The largest absolute Gasteiger partial charge is 0.495 e. The minimum absolute atomic E-state index is 0.421. The van der Waals surface area contributed by atoms with E-state index in [1.165, 1.54) is 7.11 Å². The molecule has 0 bridgehead atoms. The van der Waals surface area contributed by atoms with Gasteiger partial charge in [-0.1, -0.05) is 29.8 Å². The Morgan fingerprint density at radius 1 is 1.14 bits per heavy atom. The average Bonchev–Trinajstić information content (AvgIpc) is 2.49. The first-order chi connectivity index (χ1) is 10.1. The number of nitriles is 1. The third-order valence-electron chi connectivity index (χ3n) is 2.95. The first-order valence-corrected chi connectivity index (χ1v) is 8.15. The smallest absolute Gasteiger partial charge is 0.136 e. The van der Waals surface area contributed by atoms with Gasteiger partial charge in [0.15, 0.2) is 0 Å². The lowest BCUT2D eigenvalue weighted by molar-refractivity contribution is 0.413. The first-order valence-electron chi connectivity index (χ1n) is 6.29. The van der Waals surface area contributed by atoms with Gasteiger partial charge >= 0.3 is 0 Å². The number of hydrogen-bond acceptors (Lipinski definition) is 3. The van der Waals surface area contributed by atoms with Crippen LogP contribution in [0.5, 0.6) is 5.75 Å². The number of ether oxygens (including phenoxy) is 1. The maximum absolute atomic E-state index is 12.2. The summed E-state index contributed by atoms with van der Waals surface area (Å²) in [4.78, 5) is 0. The molecule has 0 spiro atoms. The zero-order chi connectivity index (χ0) is 15.2. The molecule has 0 radical (unpaired) electrons. The van der Waals surface area contributed by atoms with Gasteiger partial charge < -0.3 is 4.74 Å². The summed E-state index contributed by atoms with van der Waals surface area (Å²) in [5, 5.41) is 9.61. The molecular formula is C16H14ClNO2S. The van der Waals surface area contributed by atoms with Crippen LogP contribution in [0.4, 0.5) is 0 Å². The van der Waals surface area contributed by atoms with E-state index in [0.717, 1.165) is 11.1 Å². The van der Waals surface area contributed by atoms with Crippen molar-refractivity contribution in [3.8, 4) is 11.8 Å². The van der Waals surface area contributed by atoms with E-state index in [-0.39, 0.29) is 0 Å². The Hall–Kier alpha value is -1.83. The van der Waals surface area contributed by atoms with Crippen LogP contribution in [0.2, 0.25) is 5.02 Å². The summed E-state index contributed by atoms with van der Waals surface area (Å²) in [6.45, 7) is 0. The number of rotatable bonds is 5. The van der Waals surface area contributed by atoms with Crippen LogP contribution >= 0.6 is 11.6 Å². The lowest BCUT2D eigenvalue weighted by Crippen LogP contribution is -2.00. The van der Waals surface area contributed by atoms with Gasteiger partial charge in [0.2, 0.25) is 0 Å². The third-order valence-corrected chi connectivity index (χ3v) is 4.52. The number of benzene rings is 2. The van der Waals surface area contributed by atoms with Gasteiger partial charge in [-0.3, -0.25) is 4.21 Å². The molecule has 0 fully saturated rings. The van der Waals surface area contributed by atoms with Gasteiger partial charge in [0.05, 0.1) is 12.7 Å². The second-order valence-electron chi connectivity index (χ2n) is 4.50. The summed E-state index contributed by atoms with van der Waals surface area (Å²) < 4.78 is 17.3. The Bertz CT molecular complexity index is 692. The normalized spacial score (nSPS) is 11.7.